The molecule has 5 nitrogen and oxygen atoms in total. The Balaban J connectivity index is 2.29. The van der Waals surface area contributed by atoms with E-state index in [1.807, 2.05) is 32.0 Å². The Bertz CT molecular complexity index is 870. The maximum absolute atomic E-state index is 12.5. The minimum Gasteiger partial charge on any atom is -0.461 e. The summed E-state index contributed by atoms with van der Waals surface area (Å²) in [5.74, 6) is -0.643. The van der Waals surface area contributed by atoms with Crippen molar-refractivity contribution in [1.29, 1.82) is 0 Å². The van der Waals surface area contributed by atoms with Crippen LogP contribution in [0.4, 0.5) is 5.69 Å². The van der Waals surface area contributed by atoms with Crippen molar-refractivity contribution in [1.82, 2.24) is 0 Å². The van der Waals surface area contributed by atoms with E-state index in [2.05, 4.69) is 39.5 Å². The van der Waals surface area contributed by atoms with Crippen molar-refractivity contribution in [3.8, 4) is 0 Å². The maximum Gasteiger partial charge on any atom is 0.351 e. The van der Waals surface area contributed by atoms with Crippen LogP contribution in [0.5, 0.6) is 0 Å². The normalized spacial score (nSPS) is 12.3. The summed E-state index contributed by atoms with van der Waals surface area (Å²) in [6, 6.07) is 7.22. The van der Waals surface area contributed by atoms with Crippen molar-refractivity contribution < 1.29 is 13.9 Å². The van der Waals surface area contributed by atoms with Crippen LogP contribution in [-0.2, 0) is 4.74 Å². The lowest BCUT2D eigenvalue weighted by Crippen LogP contribution is -2.35. The van der Waals surface area contributed by atoms with Crippen LogP contribution in [0, 0.1) is 10.8 Å². The third kappa shape index (κ3) is 4.52. The number of fused-ring (bicyclic) bond motifs is 1. The molecule has 0 saturated carbocycles. The summed E-state index contributed by atoms with van der Waals surface area (Å²) in [7, 11) is 0. The first-order valence-electron chi connectivity index (χ1n) is 9.50. The van der Waals surface area contributed by atoms with Crippen molar-refractivity contribution in [2.75, 3.05) is 24.6 Å². The molecule has 1 aromatic heterocycles. The summed E-state index contributed by atoms with van der Waals surface area (Å²) in [5.41, 5.74) is 0.454. The van der Waals surface area contributed by atoms with E-state index in [0.29, 0.717) is 11.0 Å². The van der Waals surface area contributed by atoms with Gasteiger partial charge in [0.15, 0.2) is 0 Å². The topological polar surface area (TPSA) is 59.8 Å². The van der Waals surface area contributed by atoms with Gasteiger partial charge in [0.1, 0.15) is 11.1 Å². The van der Waals surface area contributed by atoms with E-state index < -0.39 is 11.6 Å². The largest absolute Gasteiger partial charge is 0.461 e. The van der Waals surface area contributed by atoms with Crippen LogP contribution in [0.3, 0.4) is 0 Å². The van der Waals surface area contributed by atoms with E-state index in [9.17, 15) is 9.59 Å². The second-order valence-corrected chi connectivity index (χ2v) is 8.55. The van der Waals surface area contributed by atoms with Crippen LogP contribution < -0.4 is 10.5 Å². The number of hydrogen-bond acceptors (Lipinski definition) is 5. The van der Waals surface area contributed by atoms with Gasteiger partial charge in [0.2, 0.25) is 0 Å². The smallest absolute Gasteiger partial charge is 0.351 e. The maximum atomic E-state index is 12.5. The predicted octanol–water partition coefficient (Wildman–Crippen LogP) is 4.87. The average Bonchev–Trinajstić information content (AvgIpc) is 2.59. The first-order chi connectivity index (χ1) is 12.5. The highest BCUT2D eigenvalue weighted by Crippen LogP contribution is 2.38. The van der Waals surface area contributed by atoms with Crippen LogP contribution >= 0.6 is 0 Å². The van der Waals surface area contributed by atoms with Gasteiger partial charge in [-0.25, -0.2) is 9.59 Å². The first kappa shape index (κ1) is 21.0. The molecule has 0 aliphatic rings. The fourth-order valence-electron chi connectivity index (χ4n) is 2.57. The Morgan fingerprint density at radius 3 is 2.26 bits per heavy atom. The molecule has 0 spiro atoms. The van der Waals surface area contributed by atoms with Crippen LogP contribution in [0.15, 0.2) is 33.5 Å². The fraction of sp³-hybridized carbons (Fsp3) is 0.545. The van der Waals surface area contributed by atoms with Gasteiger partial charge in [-0.15, -0.1) is 0 Å². The van der Waals surface area contributed by atoms with Gasteiger partial charge in [0.25, 0.3) is 0 Å². The number of ether oxygens (including phenoxy) is 1. The van der Waals surface area contributed by atoms with E-state index in [1.54, 1.807) is 6.07 Å². The Kier molecular flexibility index (Phi) is 6.03. The third-order valence-corrected chi connectivity index (χ3v) is 5.66. The van der Waals surface area contributed by atoms with E-state index in [1.165, 1.54) is 0 Å². The quantitative estimate of drug-likeness (QED) is 0.534. The Hall–Kier alpha value is -2.30. The molecular weight excluding hydrogens is 342 g/mol. The predicted molar refractivity (Wildman–Crippen MR) is 110 cm³/mol. The van der Waals surface area contributed by atoms with Gasteiger partial charge in [0.05, 0.1) is 6.61 Å². The van der Waals surface area contributed by atoms with Crippen LogP contribution in [0.1, 0.15) is 58.8 Å². The fourth-order valence-corrected chi connectivity index (χ4v) is 2.57. The number of carbonyl (C=O) groups is 1. The molecule has 2 aromatic rings. The molecule has 5 heteroatoms. The van der Waals surface area contributed by atoms with Crippen molar-refractivity contribution >= 4 is 22.6 Å². The molecule has 27 heavy (non-hydrogen) atoms. The van der Waals surface area contributed by atoms with Crippen molar-refractivity contribution in [3.63, 3.8) is 0 Å². The lowest BCUT2D eigenvalue weighted by atomic mass is 9.70. The molecule has 0 aliphatic carbocycles. The molecule has 0 unspecified atom stereocenters. The molecule has 1 aromatic carbocycles. The van der Waals surface area contributed by atoms with Gasteiger partial charge in [-0.05, 0) is 37.5 Å². The molecule has 0 saturated heterocycles. The van der Waals surface area contributed by atoms with E-state index >= 15 is 0 Å². The minimum atomic E-state index is -0.669. The summed E-state index contributed by atoms with van der Waals surface area (Å²) in [4.78, 5) is 27.0. The molecule has 148 valence electrons. The lowest BCUT2D eigenvalue weighted by molar-refractivity contribution is 0.00546. The summed E-state index contributed by atoms with van der Waals surface area (Å²) in [5, 5.41) is 0.701. The van der Waals surface area contributed by atoms with Crippen LogP contribution in [-0.4, -0.2) is 25.7 Å². The summed E-state index contributed by atoms with van der Waals surface area (Å²) < 4.78 is 10.8. The molecule has 0 amide bonds. The Morgan fingerprint density at radius 1 is 1.07 bits per heavy atom. The number of rotatable bonds is 6. The van der Waals surface area contributed by atoms with Gasteiger partial charge in [0, 0.05) is 35.6 Å². The second-order valence-electron chi connectivity index (χ2n) is 8.55. The number of benzene rings is 1. The summed E-state index contributed by atoms with van der Waals surface area (Å²) >= 11 is 0. The van der Waals surface area contributed by atoms with Crippen LogP contribution in [0.2, 0.25) is 0 Å². The highest BCUT2D eigenvalue weighted by molar-refractivity contribution is 5.93. The zero-order chi connectivity index (χ0) is 20.4. The third-order valence-electron chi connectivity index (χ3n) is 5.66. The lowest BCUT2D eigenvalue weighted by Gasteiger charge is -2.38. The van der Waals surface area contributed by atoms with Gasteiger partial charge < -0.3 is 14.1 Å². The zero-order valence-electron chi connectivity index (χ0n) is 17.5. The minimum absolute atomic E-state index is 0.0395. The molecule has 1 heterocycles. The Morgan fingerprint density at radius 2 is 1.70 bits per heavy atom. The highest BCUT2D eigenvalue weighted by Gasteiger charge is 2.34. The Labute approximate surface area is 161 Å². The molecule has 0 fully saturated rings. The highest BCUT2D eigenvalue weighted by atomic mass is 16.5. The van der Waals surface area contributed by atoms with E-state index in [0.717, 1.165) is 18.8 Å². The number of anilines is 1. The number of nitrogens with zero attached hydrogens (tertiary/aromatic N) is 1. The van der Waals surface area contributed by atoms with E-state index in [-0.39, 0.29) is 23.0 Å². The average molecular weight is 373 g/mol. The molecule has 0 bridgehead atoms. The first-order valence-corrected chi connectivity index (χ1v) is 9.50. The second kappa shape index (κ2) is 7.75. The SMILES string of the molecule is CCN(CC)c1ccc2cc(C(=O)OCC(C)(C)C(C)(C)C)c(=O)oc2c1. The molecule has 0 atom stereocenters. The molecule has 2 rings (SSSR count). The molecule has 0 N–H and O–H groups in total. The van der Waals surface area contributed by atoms with Crippen molar-refractivity contribution in [2.24, 2.45) is 10.8 Å². The monoisotopic (exact) mass is 373 g/mol. The van der Waals surface area contributed by atoms with Crippen molar-refractivity contribution in [3.05, 3.63) is 40.2 Å². The molecular formula is C22H31NO4. The zero-order valence-corrected chi connectivity index (χ0v) is 17.5. The van der Waals surface area contributed by atoms with Gasteiger partial charge in [-0.2, -0.15) is 0 Å². The number of hydrogen-bond donors (Lipinski definition) is 0. The summed E-state index contributed by atoms with van der Waals surface area (Å²) in [6.45, 7) is 16.5. The molecule has 0 radical (unpaired) electrons. The number of carbonyl (C=O) groups excluding carboxylic acids is 1. The van der Waals surface area contributed by atoms with Gasteiger partial charge >= 0.3 is 11.6 Å². The van der Waals surface area contributed by atoms with Gasteiger partial charge in [-0.3, -0.25) is 0 Å². The number of esters is 1. The molecule has 0 aliphatic heterocycles. The standard InChI is InChI=1S/C22H31NO4/c1-8-23(9-2)16-11-10-15-12-17(20(25)27-18(15)13-16)19(24)26-14-22(6,7)21(3,4)5/h10-13H,8-9,14H2,1-7H3. The van der Waals surface area contributed by atoms with Gasteiger partial charge in [-0.1, -0.05) is 34.6 Å². The summed E-state index contributed by atoms with van der Waals surface area (Å²) in [6.07, 6.45) is 0. The van der Waals surface area contributed by atoms with Crippen LogP contribution in [0.25, 0.3) is 11.0 Å². The van der Waals surface area contributed by atoms with E-state index in [4.69, 9.17) is 9.15 Å². The van der Waals surface area contributed by atoms with Crippen molar-refractivity contribution in [2.45, 2.75) is 48.5 Å².